The number of alkyl halides is 5. The Kier molecular flexibility index (Phi) is 5.45. The van der Waals surface area contributed by atoms with Crippen molar-refractivity contribution in [3.8, 4) is 0 Å². The minimum Gasteiger partial charge on any atom is -0.455 e. The molecule has 11 heteroatoms. The van der Waals surface area contributed by atoms with Crippen LogP contribution in [0.1, 0.15) is 18.5 Å². The number of hydrogen-bond donors (Lipinski definition) is 2. The number of nitrogens with one attached hydrogen (secondary N) is 2. The van der Waals surface area contributed by atoms with Gasteiger partial charge in [-0.2, -0.15) is 22.0 Å². The van der Waals surface area contributed by atoms with Crippen molar-refractivity contribution in [3.05, 3.63) is 46.1 Å². The summed E-state index contributed by atoms with van der Waals surface area (Å²) in [5.41, 5.74) is 0.0250. The van der Waals surface area contributed by atoms with Gasteiger partial charge in [-0.15, -0.1) is 0 Å². The van der Waals surface area contributed by atoms with Gasteiger partial charge in [0.05, 0.1) is 11.6 Å². The highest BCUT2D eigenvalue weighted by Gasteiger charge is 2.58. The third-order valence-corrected chi connectivity index (χ3v) is 3.74. The summed E-state index contributed by atoms with van der Waals surface area (Å²) in [6, 6.07) is 4.06. The van der Waals surface area contributed by atoms with Crippen LogP contribution < -0.4 is 10.6 Å². The largest absolute Gasteiger partial charge is 0.456 e. The van der Waals surface area contributed by atoms with Crippen molar-refractivity contribution in [1.29, 1.82) is 0 Å². The zero-order valence-electron chi connectivity index (χ0n) is 13.1. The quantitative estimate of drug-likeness (QED) is 0.600. The summed E-state index contributed by atoms with van der Waals surface area (Å²) in [4.78, 5) is 23.8. The molecule has 1 atom stereocenters. The number of carbonyl (C=O) groups is 2. The van der Waals surface area contributed by atoms with Crippen molar-refractivity contribution in [3.63, 3.8) is 0 Å². The van der Waals surface area contributed by atoms with Gasteiger partial charge in [-0.1, -0.05) is 23.7 Å². The normalized spacial score (nSPS) is 18.3. The fourth-order valence-corrected chi connectivity index (χ4v) is 2.31. The molecule has 2 N–H and O–H groups in total. The lowest BCUT2D eigenvalue weighted by Crippen LogP contribution is -2.46. The van der Waals surface area contributed by atoms with Crippen LogP contribution >= 0.6 is 11.6 Å². The number of allylic oxidation sites excluding steroid dienone is 1. The maximum atomic E-state index is 13.0. The average molecular weight is 399 g/mol. The summed E-state index contributed by atoms with van der Waals surface area (Å²) in [5, 5.41) is 4.99. The van der Waals surface area contributed by atoms with Crippen LogP contribution in [0.25, 0.3) is 0 Å². The van der Waals surface area contributed by atoms with E-state index < -0.39 is 36.7 Å². The number of amides is 2. The highest BCUT2D eigenvalue weighted by Crippen LogP contribution is 2.36. The molecule has 1 heterocycles. The van der Waals surface area contributed by atoms with Gasteiger partial charge in [0.2, 0.25) is 0 Å². The Bertz CT molecular complexity index is 747. The van der Waals surface area contributed by atoms with Crippen LogP contribution in [0.3, 0.4) is 0 Å². The van der Waals surface area contributed by atoms with Crippen LogP contribution in [0.15, 0.2) is 35.5 Å². The zero-order chi connectivity index (χ0) is 19.7. The molecule has 0 saturated heterocycles. The molecule has 1 aliphatic heterocycles. The fourth-order valence-electron chi connectivity index (χ4n) is 2.19. The molecular formula is C15H12ClF5N2O3. The van der Waals surface area contributed by atoms with Crippen molar-refractivity contribution < 1.29 is 36.3 Å². The van der Waals surface area contributed by atoms with Gasteiger partial charge in [0, 0.05) is 10.7 Å². The highest BCUT2D eigenvalue weighted by atomic mass is 35.5. The molecule has 142 valence electrons. The Morgan fingerprint density at radius 1 is 1.19 bits per heavy atom. The fraction of sp³-hybridized carbons (Fsp3) is 0.333. The van der Waals surface area contributed by atoms with E-state index in [-0.39, 0.29) is 11.3 Å². The first-order chi connectivity index (χ1) is 11.9. The molecule has 0 saturated carbocycles. The predicted octanol–water partition coefficient (Wildman–Crippen LogP) is 3.71. The maximum absolute atomic E-state index is 13.0. The van der Waals surface area contributed by atoms with Crippen molar-refractivity contribution in [2.45, 2.75) is 25.1 Å². The van der Waals surface area contributed by atoms with Gasteiger partial charge < -0.3 is 15.4 Å². The molecule has 0 bridgehead atoms. The van der Waals surface area contributed by atoms with E-state index in [1.165, 1.54) is 31.2 Å². The van der Waals surface area contributed by atoms with Crippen LogP contribution in [0.4, 0.5) is 26.7 Å². The zero-order valence-corrected chi connectivity index (χ0v) is 13.8. The topological polar surface area (TPSA) is 67.4 Å². The molecule has 26 heavy (non-hydrogen) atoms. The number of carbonyl (C=O) groups excluding carboxylic acids is 2. The Balaban J connectivity index is 2.27. The molecule has 0 unspecified atom stereocenters. The summed E-state index contributed by atoms with van der Waals surface area (Å²) in [6.07, 6.45) is -5.86. The summed E-state index contributed by atoms with van der Waals surface area (Å²) < 4.78 is 66.7. The molecule has 1 aromatic rings. The molecular weight excluding hydrogens is 387 g/mol. The van der Waals surface area contributed by atoms with E-state index in [2.05, 4.69) is 15.4 Å². The van der Waals surface area contributed by atoms with Crippen LogP contribution in [0.5, 0.6) is 0 Å². The summed E-state index contributed by atoms with van der Waals surface area (Å²) in [5.74, 6) is -6.61. The summed E-state index contributed by atoms with van der Waals surface area (Å²) >= 11 is 5.76. The number of rotatable bonds is 4. The monoisotopic (exact) mass is 398 g/mol. The molecule has 1 aromatic carbocycles. The van der Waals surface area contributed by atoms with Gasteiger partial charge in [0.25, 0.3) is 0 Å². The lowest BCUT2D eigenvalue weighted by atomic mass is 9.95. The van der Waals surface area contributed by atoms with E-state index in [0.29, 0.717) is 10.6 Å². The van der Waals surface area contributed by atoms with Crippen LogP contribution in [0, 0.1) is 0 Å². The Hall–Kier alpha value is -2.36. The van der Waals surface area contributed by atoms with Crippen molar-refractivity contribution in [1.82, 2.24) is 10.6 Å². The number of esters is 1. The van der Waals surface area contributed by atoms with Gasteiger partial charge in [-0.3, -0.25) is 0 Å². The Morgan fingerprint density at radius 3 is 2.31 bits per heavy atom. The van der Waals surface area contributed by atoms with E-state index in [0.717, 1.165) is 0 Å². The minimum absolute atomic E-state index is 0.0333. The van der Waals surface area contributed by atoms with Gasteiger partial charge >= 0.3 is 24.1 Å². The molecule has 0 radical (unpaired) electrons. The number of ether oxygens (including phenoxy) is 1. The SMILES string of the molecule is CC1=C(C(=O)OCC(F)(F)C(F)(F)F)[C@H](c2ccc(Cl)cc2)NC(=O)N1. The molecule has 0 fully saturated rings. The third kappa shape index (κ3) is 4.24. The first-order valence-electron chi connectivity index (χ1n) is 7.08. The molecule has 0 aliphatic carbocycles. The number of halogens is 6. The lowest BCUT2D eigenvalue weighted by Gasteiger charge is -2.28. The number of hydrogen-bond acceptors (Lipinski definition) is 3. The van der Waals surface area contributed by atoms with Gasteiger partial charge in [0.15, 0.2) is 6.61 Å². The predicted molar refractivity (Wildman–Crippen MR) is 80.5 cm³/mol. The Labute approximate surface area is 149 Å². The summed E-state index contributed by atoms with van der Waals surface area (Å²) in [6.45, 7) is -0.881. The molecule has 2 amide bonds. The van der Waals surface area contributed by atoms with Gasteiger partial charge in [0.1, 0.15) is 0 Å². The second-order valence-corrected chi connectivity index (χ2v) is 5.84. The lowest BCUT2D eigenvalue weighted by molar-refractivity contribution is -0.293. The Morgan fingerprint density at radius 2 is 1.77 bits per heavy atom. The van der Waals surface area contributed by atoms with Gasteiger partial charge in [-0.05, 0) is 24.6 Å². The first-order valence-corrected chi connectivity index (χ1v) is 7.45. The van der Waals surface area contributed by atoms with Crippen LogP contribution in [0.2, 0.25) is 5.02 Å². The van der Waals surface area contributed by atoms with Crippen molar-refractivity contribution >= 4 is 23.6 Å². The molecule has 0 aromatic heterocycles. The maximum Gasteiger partial charge on any atom is 0.456 e. The minimum atomic E-state index is -5.86. The number of benzene rings is 1. The van der Waals surface area contributed by atoms with E-state index in [9.17, 15) is 31.5 Å². The van der Waals surface area contributed by atoms with Crippen molar-refractivity contribution in [2.75, 3.05) is 6.61 Å². The van der Waals surface area contributed by atoms with E-state index in [4.69, 9.17) is 11.6 Å². The molecule has 5 nitrogen and oxygen atoms in total. The van der Waals surface area contributed by atoms with Crippen LogP contribution in [-0.2, 0) is 9.53 Å². The molecule has 1 aliphatic rings. The second kappa shape index (κ2) is 7.10. The van der Waals surface area contributed by atoms with E-state index >= 15 is 0 Å². The second-order valence-electron chi connectivity index (χ2n) is 5.40. The van der Waals surface area contributed by atoms with Crippen LogP contribution in [-0.4, -0.2) is 30.7 Å². The summed E-state index contributed by atoms with van der Waals surface area (Å²) in [7, 11) is 0. The van der Waals surface area contributed by atoms with E-state index in [1.54, 1.807) is 0 Å². The molecule has 2 rings (SSSR count). The third-order valence-electron chi connectivity index (χ3n) is 3.49. The number of urea groups is 1. The first kappa shape index (κ1) is 20.0. The highest BCUT2D eigenvalue weighted by molar-refractivity contribution is 6.30. The van der Waals surface area contributed by atoms with Crippen molar-refractivity contribution in [2.24, 2.45) is 0 Å². The van der Waals surface area contributed by atoms with Gasteiger partial charge in [-0.25, -0.2) is 9.59 Å². The smallest absolute Gasteiger partial charge is 0.455 e. The standard InChI is InChI=1S/C15H12ClF5N2O3/c1-7-10(12(24)26-6-14(17,18)15(19,20)21)11(23-13(25)22-7)8-2-4-9(16)5-3-8/h2-5,11H,6H2,1H3,(H2,22,23,25)/t11-/m0/s1. The average Bonchev–Trinajstić information content (AvgIpc) is 2.51. The molecule has 0 spiro atoms. The van der Waals surface area contributed by atoms with E-state index in [1.807, 2.05) is 0 Å².